The Morgan fingerprint density at radius 1 is 1.14 bits per heavy atom. The molecule has 192 valence electrons. The number of fused-ring (bicyclic) bond motifs is 1. The van der Waals surface area contributed by atoms with Gasteiger partial charge in [-0.1, -0.05) is 26.8 Å². The summed E-state index contributed by atoms with van der Waals surface area (Å²) in [6.07, 6.45) is -1.00. The van der Waals surface area contributed by atoms with Crippen molar-refractivity contribution in [1.82, 2.24) is 24.7 Å². The van der Waals surface area contributed by atoms with Crippen molar-refractivity contribution in [2.45, 2.75) is 65.3 Å². The van der Waals surface area contributed by atoms with Crippen LogP contribution in [-0.2, 0) is 29.5 Å². The molecule has 0 aromatic carbocycles. The molecule has 0 spiro atoms. The van der Waals surface area contributed by atoms with E-state index in [1.807, 2.05) is 34.0 Å². The van der Waals surface area contributed by atoms with Crippen molar-refractivity contribution >= 4 is 23.4 Å². The molecule has 0 bridgehead atoms. The number of nitrogens with zero attached hydrogens (tertiary/aromatic N) is 6. The Hall–Kier alpha value is -3.70. The maximum atomic E-state index is 13.2. The van der Waals surface area contributed by atoms with Crippen molar-refractivity contribution in [3.63, 3.8) is 0 Å². The minimum Gasteiger partial charge on any atom is -0.350 e. The van der Waals surface area contributed by atoms with Crippen LogP contribution < -0.4 is 15.5 Å². The highest BCUT2D eigenvalue weighted by Crippen LogP contribution is 2.33. The Labute approximate surface area is 207 Å². The number of halogens is 3. The molecule has 4 rings (SSSR count). The monoisotopic (exact) mass is 502 g/mol. The van der Waals surface area contributed by atoms with Crippen LogP contribution in [-0.4, -0.2) is 43.7 Å². The molecular formula is C24H29F3N8O. The molecule has 1 aliphatic heterocycles. The van der Waals surface area contributed by atoms with Gasteiger partial charge in [-0.05, 0) is 25.5 Å². The number of carbonyl (C=O) groups excluding carboxylic acids is 1. The van der Waals surface area contributed by atoms with Gasteiger partial charge >= 0.3 is 6.18 Å². The molecular weight excluding hydrogens is 473 g/mol. The molecule has 0 aliphatic carbocycles. The zero-order valence-corrected chi connectivity index (χ0v) is 21.0. The average Bonchev–Trinajstić information content (AvgIpc) is 3.23. The fourth-order valence-electron chi connectivity index (χ4n) is 3.99. The zero-order chi connectivity index (χ0) is 26.4. The predicted octanol–water partition coefficient (Wildman–Crippen LogP) is 4.13. The first kappa shape index (κ1) is 25.4. The van der Waals surface area contributed by atoms with Crippen molar-refractivity contribution in [2.75, 3.05) is 22.6 Å². The van der Waals surface area contributed by atoms with Crippen molar-refractivity contribution in [3.8, 4) is 0 Å². The third kappa shape index (κ3) is 5.12. The number of amides is 1. The molecule has 3 aromatic heterocycles. The van der Waals surface area contributed by atoms with E-state index < -0.39 is 17.3 Å². The maximum Gasteiger partial charge on any atom is 0.433 e. The summed E-state index contributed by atoms with van der Waals surface area (Å²) in [5, 5.41) is 10.4. The molecule has 12 heteroatoms. The van der Waals surface area contributed by atoms with Crippen LogP contribution in [0.25, 0.3) is 0 Å². The summed E-state index contributed by atoms with van der Waals surface area (Å²) in [4.78, 5) is 26.8. The lowest BCUT2D eigenvalue weighted by atomic mass is 9.88. The van der Waals surface area contributed by atoms with E-state index in [0.717, 1.165) is 11.6 Å². The van der Waals surface area contributed by atoms with Gasteiger partial charge in [0, 0.05) is 30.8 Å². The standard InChI is InChI=1S/C24H29F3N8O/c1-13-18-20(34(6)14(2)21(36)32-18)33-22(30-13)28-9-15-10-29-35(11-15)12-16-7-8-17(24(25,26)27)31-19(16)23(3,4)5/h7-8,10-11,14H,9,12H2,1-6H3,(H,32,36)(H,28,30,33)/t14-/m0/s1. The van der Waals surface area contributed by atoms with E-state index in [2.05, 4.69) is 30.7 Å². The number of anilines is 3. The summed E-state index contributed by atoms with van der Waals surface area (Å²) in [5.41, 5.74) is 1.68. The van der Waals surface area contributed by atoms with Crippen molar-refractivity contribution in [1.29, 1.82) is 0 Å². The fourth-order valence-corrected chi connectivity index (χ4v) is 3.99. The summed E-state index contributed by atoms with van der Waals surface area (Å²) in [6.45, 7) is 9.79. The Bertz CT molecular complexity index is 1300. The number of carbonyl (C=O) groups is 1. The summed E-state index contributed by atoms with van der Waals surface area (Å²) >= 11 is 0. The summed E-state index contributed by atoms with van der Waals surface area (Å²) in [7, 11) is 1.81. The second-order valence-corrected chi connectivity index (χ2v) is 9.96. The zero-order valence-electron chi connectivity index (χ0n) is 21.0. The van der Waals surface area contributed by atoms with Gasteiger partial charge in [0.1, 0.15) is 17.4 Å². The quantitative estimate of drug-likeness (QED) is 0.541. The van der Waals surface area contributed by atoms with Crippen LogP contribution >= 0.6 is 0 Å². The molecule has 3 aromatic rings. The lowest BCUT2D eigenvalue weighted by molar-refractivity contribution is -0.141. The summed E-state index contributed by atoms with van der Waals surface area (Å²) < 4.78 is 41.3. The van der Waals surface area contributed by atoms with Crippen LogP contribution in [0.3, 0.4) is 0 Å². The lowest BCUT2D eigenvalue weighted by Crippen LogP contribution is -2.44. The van der Waals surface area contributed by atoms with Gasteiger partial charge in [-0.3, -0.25) is 9.48 Å². The van der Waals surface area contributed by atoms with Crippen LogP contribution in [0.4, 0.5) is 30.6 Å². The van der Waals surface area contributed by atoms with Crippen molar-refractivity contribution < 1.29 is 18.0 Å². The Morgan fingerprint density at radius 2 is 1.86 bits per heavy atom. The Balaban J connectivity index is 1.50. The van der Waals surface area contributed by atoms with Gasteiger partial charge in [-0.25, -0.2) is 9.97 Å². The maximum absolute atomic E-state index is 13.2. The molecule has 4 heterocycles. The number of hydrogen-bond acceptors (Lipinski definition) is 7. The third-order valence-corrected chi connectivity index (χ3v) is 6.06. The highest BCUT2D eigenvalue weighted by atomic mass is 19.4. The number of alkyl halides is 3. The number of hydrogen-bond donors (Lipinski definition) is 2. The van der Waals surface area contributed by atoms with Crippen LogP contribution in [0.5, 0.6) is 0 Å². The molecule has 1 aliphatic rings. The number of aryl methyl sites for hydroxylation is 1. The first-order valence-electron chi connectivity index (χ1n) is 11.5. The van der Waals surface area contributed by atoms with Crippen LogP contribution in [0.1, 0.15) is 55.9 Å². The van der Waals surface area contributed by atoms with Gasteiger partial charge in [0.2, 0.25) is 11.9 Å². The van der Waals surface area contributed by atoms with Crippen LogP contribution in [0, 0.1) is 6.92 Å². The molecule has 0 fully saturated rings. The fraction of sp³-hybridized carbons (Fsp3) is 0.458. The number of aromatic nitrogens is 5. The normalized spacial score (nSPS) is 16.1. The summed E-state index contributed by atoms with van der Waals surface area (Å²) in [6, 6.07) is 2.12. The first-order chi connectivity index (χ1) is 16.7. The molecule has 9 nitrogen and oxygen atoms in total. The Morgan fingerprint density at radius 3 is 2.53 bits per heavy atom. The molecule has 1 atom stereocenters. The second-order valence-electron chi connectivity index (χ2n) is 9.96. The molecule has 36 heavy (non-hydrogen) atoms. The van der Waals surface area contributed by atoms with Gasteiger partial charge in [-0.15, -0.1) is 0 Å². The van der Waals surface area contributed by atoms with E-state index in [0.29, 0.717) is 40.9 Å². The van der Waals surface area contributed by atoms with Crippen LogP contribution in [0.2, 0.25) is 0 Å². The minimum atomic E-state index is -4.50. The van der Waals surface area contributed by atoms with E-state index >= 15 is 0 Å². The van der Waals surface area contributed by atoms with E-state index in [1.165, 1.54) is 6.07 Å². The number of pyridine rings is 1. The van der Waals surface area contributed by atoms with Crippen LogP contribution in [0.15, 0.2) is 24.5 Å². The Kier molecular flexibility index (Phi) is 6.40. The third-order valence-electron chi connectivity index (χ3n) is 6.06. The largest absolute Gasteiger partial charge is 0.433 e. The molecule has 0 saturated heterocycles. The SMILES string of the molecule is Cc1nc(NCc2cnn(Cc3ccc(C(F)(F)F)nc3C(C)(C)C)c2)nc2c1NC(=O)[C@H](C)N2C. The first-order valence-corrected chi connectivity index (χ1v) is 11.5. The highest BCUT2D eigenvalue weighted by molar-refractivity contribution is 6.03. The second kappa shape index (κ2) is 9.07. The lowest BCUT2D eigenvalue weighted by Gasteiger charge is -2.32. The van der Waals surface area contributed by atoms with Crippen molar-refractivity contribution in [3.05, 3.63) is 52.7 Å². The van der Waals surface area contributed by atoms with Gasteiger partial charge in [0.05, 0.1) is 24.1 Å². The van der Waals surface area contributed by atoms with Gasteiger partial charge in [-0.2, -0.15) is 23.3 Å². The predicted molar refractivity (Wildman–Crippen MR) is 130 cm³/mol. The topological polar surface area (TPSA) is 101 Å². The van der Waals surface area contributed by atoms with Gasteiger partial charge in [0.15, 0.2) is 5.82 Å². The number of rotatable bonds is 5. The number of likely N-dealkylation sites (N-methyl/N-ethyl adjacent to an activating group) is 1. The average molecular weight is 503 g/mol. The summed E-state index contributed by atoms with van der Waals surface area (Å²) in [5.74, 6) is 0.941. The van der Waals surface area contributed by atoms with E-state index in [1.54, 1.807) is 29.6 Å². The van der Waals surface area contributed by atoms with E-state index in [-0.39, 0.29) is 18.5 Å². The molecule has 2 N–H and O–H groups in total. The highest BCUT2D eigenvalue weighted by Gasteiger charge is 2.34. The smallest absolute Gasteiger partial charge is 0.350 e. The number of nitrogens with one attached hydrogen (secondary N) is 2. The molecule has 0 unspecified atom stereocenters. The molecule has 0 radical (unpaired) electrons. The van der Waals surface area contributed by atoms with E-state index in [9.17, 15) is 18.0 Å². The van der Waals surface area contributed by atoms with E-state index in [4.69, 9.17) is 0 Å². The molecule has 0 saturated carbocycles. The minimum absolute atomic E-state index is 0.109. The molecule has 1 amide bonds. The van der Waals surface area contributed by atoms with Gasteiger partial charge in [0.25, 0.3) is 0 Å². The van der Waals surface area contributed by atoms with Crippen molar-refractivity contribution in [2.24, 2.45) is 0 Å². The van der Waals surface area contributed by atoms with Gasteiger partial charge < -0.3 is 15.5 Å².